The largest absolute Gasteiger partial charge is 0.392 e. The molecule has 0 atom stereocenters. The van der Waals surface area contributed by atoms with Crippen molar-refractivity contribution >= 4 is 11.6 Å². The van der Waals surface area contributed by atoms with Crippen LogP contribution in [0.5, 0.6) is 0 Å². The van der Waals surface area contributed by atoms with Gasteiger partial charge < -0.3 is 14.9 Å². The SMILES string of the molecule is CC(=O)N1CCC(N2CCc3cc(CO)ccc32)CC1. The summed E-state index contributed by atoms with van der Waals surface area (Å²) < 4.78 is 0. The number of nitrogens with zero attached hydrogens (tertiary/aromatic N) is 2. The quantitative estimate of drug-likeness (QED) is 0.890. The van der Waals surface area contributed by atoms with Crippen LogP contribution in [0.15, 0.2) is 18.2 Å². The van der Waals surface area contributed by atoms with E-state index in [0.717, 1.165) is 44.5 Å². The third-order valence-electron chi connectivity index (χ3n) is 4.61. The molecular weight excluding hydrogens is 252 g/mol. The van der Waals surface area contributed by atoms with Crippen LogP contribution in [0.4, 0.5) is 5.69 Å². The number of carbonyl (C=O) groups excluding carboxylic acids is 1. The number of fused-ring (bicyclic) bond motifs is 1. The molecule has 4 nitrogen and oxygen atoms in total. The first-order valence-corrected chi connectivity index (χ1v) is 7.44. The molecule has 1 amide bonds. The normalized spacial score (nSPS) is 19.3. The lowest BCUT2D eigenvalue weighted by molar-refractivity contribution is -0.129. The van der Waals surface area contributed by atoms with Crippen molar-refractivity contribution in [1.29, 1.82) is 0 Å². The number of likely N-dealkylation sites (tertiary alicyclic amines) is 1. The van der Waals surface area contributed by atoms with Gasteiger partial charge in [0.2, 0.25) is 5.91 Å². The van der Waals surface area contributed by atoms with Gasteiger partial charge in [-0.05, 0) is 36.5 Å². The fourth-order valence-corrected chi connectivity index (χ4v) is 3.45. The van der Waals surface area contributed by atoms with Crippen molar-refractivity contribution in [2.75, 3.05) is 24.5 Å². The van der Waals surface area contributed by atoms with E-state index in [2.05, 4.69) is 17.0 Å². The summed E-state index contributed by atoms with van der Waals surface area (Å²) in [5.74, 6) is 0.192. The van der Waals surface area contributed by atoms with E-state index in [1.807, 2.05) is 11.0 Å². The van der Waals surface area contributed by atoms with Crippen molar-refractivity contribution in [2.45, 2.75) is 38.8 Å². The van der Waals surface area contributed by atoms with Gasteiger partial charge in [0.1, 0.15) is 0 Å². The number of aliphatic hydroxyl groups is 1. The van der Waals surface area contributed by atoms with Gasteiger partial charge in [0.05, 0.1) is 6.61 Å². The molecule has 1 aromatic rings. The number of hydrogen-bond acceptors (Lipinski definition) is 3. The Kier molecular flexibility index (Phi) is 3.66. The fourth-order valence-electron chi connectivity index (χ4n) is 3.45. The summed E-state index contributed by atoms with van der Waals surface area (Å²) >= 11 is 0. The number of amides is 1. The van der Waals surface area contributed by atoms with E-state index in [4.69, 9.17) is 0 Å². The van der Waals surface area contributed by atoms with Crippen LogP contribution < -0.4 is 4.90 Å². The third kappa shape index (κ3) is 2.40. The van der Waals surface area contributed by atoms with E-state index in [-0.39, 0.29) is 12.5 Å². The van der Waals surface area contributed by atoms with Gasteiger partial charge in [-0.25, -0.2) is 0 Å². The van der Waals surface area contributed by atoms with E-state index in [1.165, 1.54) is 11.3 Å². The number of anilines is 1. The van der Waals surface area contributed by atoms with Gasteiger partial charge >= 0.3 is 0 Å². The van der Waals surface area contributed by atoms with Gasteiger partial charge in [-0.15, -0.1) is 0 Å². The van der Waals surface area contributed by atoms with Gasteiger partial charge in [-0.1, -0.05) is 12.1 Å². The maximum Gasteiger partial charge on any atom is 0.219 e. The Morgan fingerprint density at radius 2 is 2.05 bits per heavy atom. The number of piperidine rings is 1. The second kappa shape index (κ2) is 5.44. The van der Waals surface area contributed by atoms with Crippen molar-refractivity contribution in [3.8, 4) is 0 Å². The number of benzene rings is 1. The smallest absolute Gasteiger partial charge is 0.219 e. The maximum absolute atomic E-state index is 11.4. The minimum Gasteiger partial charge on any atom is -0.392 e. The Morgan fingerprint density at radius 1 is 1.30 bits per heavy atom. The highest BCUT2D eigenvalue weighted by Crippen LogP contribution is 2.33. The standard InChI is InChI=1S/C16H22N2O2/c1-12(20)17-7-5-15(6-8-17)18-9-4-14-10-13(11-19)2-3-16(14)18/h2-3,10,15,19H,4-9,11H2,1H3. The van der Waals surface area contributed by atoms with E-state index >= 15 is 0 Å². The van der Waals surface area contributed by atoms with Gasteiger partial charge in [0.25, 0.3) is 0 Å². The summed E-state index contributed by atoms with van der Waals surface area (Å²) in [4.78, 5) is 15.8. The maximum atomic E-state index is 11.4. The van der Waals surface area contributed by atoms with E-state index in [1.54, 1.807) is 6.92 Å². The molecule has 2 heterocycles. The van der Waals surface area contributed by atoms with Crippen LogP contribution in [0.1, 0.15) is 30.9 Å². The zero-order valence-electron chi connectivity index (χ0n) is 12.0. The predicted molar refractivity (Wildman–Crippen MR) is 78.7 cm³/mol. The highest BCUT2D eigenvalue weighted by molar-refractivity contribution is 5.73. The molecule has 0 saturated carbocycles. The summed E-state index contributed by atoms with van der Waals surface area (Å²) in [6.07, 6.45) is 3.18. The molecule has 3 rings (SSSR count). The lowest BCUT2D eigenvalue weighted by Crippen LogP contribution is -2.45. The Hall–Kier alpha value is -1.55. The first kappa shape index (κ1) is 13.4. The van der Waals surface area contributed by atoms with Crippen LogP contribution in [0, 0.1) is 0 Å². The molecule has 0 spiro atoms. The minimum atomic E-state index is 0.115. The zero-order chi connectivity index (χ0) is 14.1. The number of rotatable bonds is 2. The number of carbonyl (C=O) groups is 1. The second-order valence-corrected chi connectivity index (χ2v) is 5.80. The van der Waals surface area contributed by atoms with E-state index < -0.39 is 0 Å². The highest BCUT2D eigenvalue weighted by Gasteiger charge is 2.29. The summed E-state index contributed by atoms with van der Waals surface area (Å²) in [5.41, 5.74) is 3.67. The lowest BCUT2D eigenvalue weighted by atomic mass is 10.0. The molecular formula is C16H22N2O2. The molecule has 108 valence electrons. The van der Waals surface area contributed by atoms with Gasteiger partial charge in [0.15, 0.2) is 0 Å². The summed E-state index contributed by atoms with van der Waals surface area (Å²) in [7, 11) is 0. The van der Waals surface area contributed by atoms with Crippen LogP contribution >= 0.6 is 0 Å². The van der Waals surface area contributed by atoms with E-state index in [0.29, 0.717) is 6.04 Å². The molecule has 0 aliphatic carbocycles. The molecule has 1 N–H and O–H groups in total. The minimum absolute atomic E-state index is 0.115. The molecule has 4 heteroatoms. The number of hydrogen-bond donors (Lipinski definition) is 1. The summed E-state index contributed by atoms with van der Waals surface area (Å²) in [6.45, 7) is 4.59. The van der Waals surface area contributed by atoms with Crippen LogP contribution in [0.2, 0.25) is 0 Å². The lowest BCUT2D eigenvalue weighted by Gasteiger charge is -2.37. The second-order valence-electron chi connectivity index (χ2n) is 5.80. The van der Waals surface area contributed by atoms with Gasteiger partial charge in [0, 0.05) is 38.3 Å². The Labute approximate surface area is 120 Å². The molecule has 1 aromatic carbocycles. The fraction of sp³-hybridized carbons (Fsp3) is 0.562. The molecule has 0 bridgehead atoms. The Bertz CT molecular complexity index is 507. The topological polar surface area (TPSA) is 43.8 Å². The first-order chi connectivity index (χ1) is 9.69. The Balaban J connectivity index is 1.71. The molecule has 0 radical (unpaired) electrons. The van der Waals surface area contributed by atoms with Crippen LogP contribution in [-0.2, 0) is 17.8 Å². The zero-order valence-corrected chi connectivity index (χ0v) is 12.0. The molecule has 0 aromatic heterocycles. The first-order valence-electron chi connectivity index (χ1n) is 7.44. The van der Waals surface area contributed by atoms with Crippen molar-refractivity contribution in [3.63, 3.8) is 0 Å². The average molecular weight is 274 g/mol. The van der Waals surface area contributed by atoms with Crippen molar-refractivity contribution < 1.29 is 9.90 Å². The Morgan fingerprint density at radius 3 is 2.70 bits per heavy atom. The van der Waals surface area contributed by atoms with Crippen molar-refractivity contribution in [3.05, 3.63) is 29.3 Å². The van der Waals surface area contributed by atoms with Gasteiger partial charge in [-0.2, -0.15) is 0 Å². The van der Waals surface area contributed by atoms with Crippen LogP contribution in [0.25, 0.3) is 0 Å². The predicted octanol–water partition coefficient (Wildman–Crippen LogP) is 1.55. The summed E-state index contributed by atoms with van der Waals surface area (Å²) in [5, 5.41) is 9.21. The van der Waals surface area contributed by atoms with Crippen LogP contribution in [-0.4, -0.2) is 41.6 Å². The van der Waals surface area contributed by atoms with Crippen LogP contribution in [0.3, 0.4) is 0 Å². The molecule has 1 saturated heterocycles. The molecule has 2 aliphatic rings. The highest BCUT2D eigenvalue weighted by atomic mass is 16.3. The molecule has 20 heavy (non-hydrogen) atoms. The third-order valence-corrected chi connectivity index (χ3v) is 4.61. The molecule has 1 fully saturated rings. The molecule has 0 unspecified atom stereocenters. The van der Waals surface area contributed by atoms with E-state index in [9.17, 15) is 9.90 Å². The van der Waals surface area contributed by atoms with Crippen molar-refractivity contribution in [1.82, 2.24) is 4.90 Å². The van der Waals surface area contributed by atoms with Crippen molar-refractivity contribution in [2.24, 2.45) is 0 Å². The monoisotopic (exact) mass is 274 g/mol. The molecule has 2 aliphatic heterocycles. The average Bonchev–Trinajstić information content (AvgIpc) is 2.90. The number of aliphatic hydroxyl groups excluding tert-OH is 1. The van der Waals surface area contributed by atoms with Gasteiger partial charge in [-0.3, -0.25) is 4.79 Å². The summed E-state index contributed by atoms with van der Waals surface area (Å²) in [6, 6.07) is 6.83.